The standard InChI is InChI=1S/C40H40Cl2FN5O5/c1-47-32-10-16-48(17-15-39-11-13-40(23-39,14-12-39)38(51)53-3)21-31(32)45-36(47)37(50)46-29-9-5-8-27(35(29)42)26-7-4-6-24(34(26)41)18-28(43)30-19-33(52-2)25(22-49)20-44-30/h4-9,18-20,22H,10-17,21,23H2,1-3H3,(H,46,50)/b28-18-. The molecule has 4 aromatic rings. The molecule has 0 saturated heterocycles. The summed E-state index contributed by atoms with van der Waals surface area (Å²) in [5, 5.41) is 3.45. The number of anilines is 1. The number of amides is 1. The van der Waals surface area contributed by atoms with Crippen LogP contribution in [0.15, 0.2) is 48.7 Å². The molecule has 276 valence electrons. The van der Waals surface area contributed by atoms with Gasteiger partial charge in [0.15, 0.2) is 12.1 Å². The lowest BCUT2D eigenvalue weighted by molar-refractivity contribution is -0.152. The van der Waals surface area contributed by atoms with Crippen LogP contribution in [0.5, 0.6) is 5.75 Å². The van der Waals surface area contributed by atoms with E-state index in [0.717, 1.165) is 69.4 Å². The number of methoxy groups -OCH3 is 2. The monoisotopic (exact) mass is 759 g/mol. The summed E-state index contributed by atoms with van der Waals surface area (Å²) >= 11 is 13.7. The van der Waals surface area contributed by atoms with Crippen molar-refractivity contribution < 1.29 is 28.2 Å². The van der Waals surface area contributed by atoms with E-state index < -0.39 is 11.7 Å². The van der Waals surface area contributed by atoms with E-state index in [1.807, 2.05) is 11.6 Å². The highest BCUT2D eigenvalue weighted by molar-refractivity contribution is 6.39. The fraction of sp³-hybridized carbons (Fsp3) is 0.375. The first-order valence-electron chi connectivity index (χ1n) is 17.6. The first kappa shape index (κ1) is 36.8. The Bertz CT molecular complexity index is 2140. The van der Waals surface area contributed by atoms with E-state index in [9.17, 15) is 14.4 Å². The van der Waals surface area contributed by atoms with Crippen LogP contribution in [0.4, 0.5) is 10.1 Å². The van der Waals surface area contributed by atoms with Gasteiger partial charge in [0.2, 0.25) is 0 Å². The van der Waals surface area contributed by atoms with Gasteiger partial charge in [-0.25, -0.2) is 9.37 Å². The number of pyridine rings is 1. The minimum Gasteiger partial charge on any atom is -0.496 e. The van der Waals surface area contributed by atoms with Crippen LogP contribution in [0.25, 0.3) is 23.0 Å². The highest BCUT2D eigenvalue weighted by atomic mass is 35.5. The Morgan fingerprint density at radius 2 is 1.77 bits per heavy atom. The summed E-state index contributed by atoms with van der Waals surface area (Å²) < 4.78 is 27.5. The summed E-state index contributed by atoms with van der Waals surface area (Å²) in [5.74, 6) is -0.633. The number of carbonyl (C=O) groups is 3. The van der Waals surface area contributed by atoms with Gasteiger partial charge in [-0.05, 0) is 68.2 Å². The lowest BCUT2D eigenvalue weighted by atomic mass is 9.80. The minimum atomic E-state index is -0.679. The molecular weight excluding hydrogens is 720 g/mol. The topological polar surface area (TPSA) is 116 Å². The SMILES string of the molecule is COC(=O)C12CCC(CCN3CCc4c(nc(C(=O)Nc5cccc(-c6cccc(/C=C(\F)c7cc(OC)c(C=O)cn7)c6Cl)c5Cl)n4C)C3)(CC1)C2. The van der Waals surface area contributed by atoms with Crippen LogP contribution in [-0.2, 0) is 29.5 Å². The number of rotatable bonds is 11. The molecule has 3 aliphatic rings. The maximum absolute atomic E-state index is 15.4. The number of aldehydes is 1. The molecule has 2 bridgehead atoms. The zero-order valence-corrected chi connectivity index (χ0v) is 31.3. The van der Waals surface area contributed by atoms with Crippen molar-refractivity contribution in [2.75, 3.05) is 32.6 Å². The predicted octanol–water partition coefficient (Wildman–Crippen LogP) is 8.20. The van der Waals surface area contributed by atoms with Gasteiger partial charge in [-0.1, -0.05) is 53.5 Å². The summed E-state index contributed by atoms with van der Waals surface area (Å²) in [6.07, 6.45) is 9.78. The molecule has 3 heterocycles. The van der Waals surface area contributed by atoms with Gasteiger partial charge < -0.3 is 19.4 Å². The van der Waals surface area contributed by atoms with Crippen molar-refractivity contribution in [3.05, 3.63) is 92.7 Å². The number of benzene rings is 2. The van der Waals surface area contributed by atoms with E-state index in [-0.39, 0.29) is 43.9 Å². The van der Waals surface area contributed by atoms with E-state index >= 15 is 4.39 Å². The molecule has 0 atom stereocenters. The van der Waals surface area contributed by atoms with Crippen molar-refractivity contribution in [3.8, 4) is 16.9 Å². The summed E-state index contributed by atoms with van der Waals surface area (Å²) in [7, 11) is 4.74. The Labute approximate surface area is 317 Å². The zero-order chi connectivity index (χ0) is 37.5. The van der Waals surface area contributed by atoms with Crippen LogP contribution in [0.2, 0.25) is 10.0 Å². The maximum Gasteiger partial charge on any atom is 0.311 e. The average Bonchev–Trinajstić information content (AvgIpc) is 3.85. The molecule has 2 saturated carbocycles. The molecule has 1 aliphatic heterocycles. The van der Waals surface area contributed by atoms with Gasteiger partial charge in [0.05, 0.1) is 46.6 Å². The number of fused-ring (bicyclic) bond motifs is 3. The molecule has 1 N–H and O–H groups in total. The number of carbonyl (C=O) groups excluding carboxylic acids is 3. The third-order valence-corrected chi connectivity index (χ3v) is 12.3. The molecule has 2 aliphatic carbocycles. The highest BCUT2D eigenvalue weighted by Gasteiger charge is 2.58. The lowest BCUT2D eigenvalue weighted by Gasteiger charge is -2.32. The third-order valence-electron chi connectivity index (χ3n) is 11.4. The molecule has 1 amide bonds. The minimum absolute atomic E-state index is 0.0223. The van der Waals surface area contributed by atoms with Gasteiger partial charge in [-0.3, -0.25) is 24.3 Å². The Balaban J connectivity index is 1.05. The van der Waals surface area contributed by atoms with Crippen molar-refractivity contribution in [1.82, 2.24) is 19.4 Å². The normalized spacial score (nSPS) is 21.0. The first-order chi connectivity index (χ1) is 25.5. The van der Waals surface area contributed by atoms with Crippen molar-refractivity contribution in [1.29, 1.82) is 0 Å². The molecule has 13 heteroatoms. The number of hydrogen-bond acceptors (Lipinski definition) is 8. The molecule has 0 unspecified atom stereocenters. The van der Waals surface area contributed by atoms with Crippen LogP contribution in [0, 0.1) is 10.8 Å². The van der Waals surface area contributed by atoms with Gasteiger partial charge in [0.1, 0.15) is 17.3 Å². The Morgan fingerprint density at radius 1 is 1.04 bits per heavy atom. The second kappa shape index (κ2) is 14.7. The second-order valence-electron chi connectivity index (χ2n) is 14.4. The van der Waals surface area contributed by atoms with Crippen LogP contribution >= 0.6 is 23.2 Å². The summed E-state index contributed by atoms with van der Waals surface area (Å²) in [4.78, 5) is 48.6. The largest absolute Gasteiger partial charge is 0.496 e. The Hall–Kier alpha value is -4.58. The number of ether oxygens (including phenoxy) is 2. The van der Waals surface area contributed by atoms with E-state index in [1.54, 1.807) is 36.4 Å². The zero-order valence-electron chi connectivity index (χ0n) is 29.8. The smallest absolute Gasteiger partial charge is 0.311 e. The van der Waals surface area contributed by atoms with Crippen LogP contribution in [-0.4, -0.2) is 64.9 Å². The summed E-state index contributed by atoms with van der Waals surface area (Å²) in [6, 6.07) is 11.7. The number of imidazole rings is 1. The van der Waals surface area contributed by atoms with Crippen LogP contribution < -0.4 is 10.1 Å². The van der Waals surface area contributed by atoms with Crippen LogP contribution in [0.3, 0.4) is 0 Å². The number of nitrogens with one attached hydrogen (secondary N) is 1. The van der Waals surface area contributed by atoms with Gasteiger partial charge in [-0.15, -0.1) is 0 Å². The quantitative estimate of drug-likeness (QED) is 0.120. The number of esters is 1. The van der Waals surface area contributed by atoms with Crippen molar-refractivity contribution in [2.24, 2.45) is 17.9 Å². The fourth-order valence-electron chi connectivity index (χ4n) is 8.47. The fourth-order valence-corrected chi connectivity index (χ4v) is 9.03. The van der Waals surface area contributed by atoms with Gasteiger partial charge in [-0.2, -0.15) is 0 Å². The Kier molecular flexibility index (Phi) is 10.2. The first-order valence-corrected chi connectivity index (χ1v) is 18.4. The van der Waals surface area contributed by atoms with E-state index in [2.05, 4.69) is 15.2 Å². The molecule has 2 aromatic heterocycles. The number of halogens is 3. The van der Waals surface area contributed by atoms with Crippen molar-refractivity contribution in [2.45, 2.75) is 51.5 Å². The lowest BCUT2D eigenvalue weighted by Crippen LogP contribution is -2.34. The molecule has 10 nitrogen and oxygen atoms in total. The van der Waals surface area contributed by atoms with E-state index in [4.69, 9.17) is 37.7 Å². The van der Waals surface area contributed by atoms with Gasteiger partial charge in [0, 0.05) is 55.6 Å². The van der Waals surface area contributed by atoms with Crippen molar-refractivity contribution >= 4 is 59.0 Å². The van der Waals surface area contributed by atoms with Crippen molar-refractivity contribution in [3.63, 3.8) is 0 Å². The predicted molar refractivity (Wildman–Crippen MR) is 202 cm³/mol. The molecule has 7 rings (SSSR count). The third kappa shape index (κ3) is 6.86. The molecule has 0 spiro atoms. The molecular formula is C40H40Cl2FN5O5. The molecule has 53 heavy (non-hydrogen) atoms. The van der Waals surface area contributed by atoms with Crippen LogP contribution in [0.1, 0.15) is 82.1 Å². The van der Waals surface area contributed by atoms with Gasteiger partial charge in [0.25, 0.3) is 5.91 Å². The molecule has 2 fully saturated rings. The number of aromatic nitrogens is 3. The summed E-state index contributed by atoms with van der Waals surface area (Å²) in [5.41, 5.74) is 3.85. The number of nitrogens with zero attached hydrogens (tertiary/aromatic N) is 4. The number of hydrogen-bond donors (Lipinski definition) is 1. The van der Waals surface area contributed by atoms with Gasteiger partial charge >= 0.3 is 5.97 Å². The average molecular weight is 761 g/mol. The Morgan fingerprint density at radius 3 is 2.49 bits per heavy atom. The summed E-state index contributed by atoms with van der Waals surface area (Å²) in [6.45, 7) is 2.45. The van der Waals surface area contributed by atoms with E-state index in [0.29, 0.717) is 41.0 Å². The second-order valence-corrected chi connectivity index (χ2v) is 15.1. The molecule has 2 aromatic carbocycles. The van der Waals surface area contributed by atoms with E-state index in [1.165, 1.54) is 32.6 Å². The highest BCUT2D eigenvalue weighted by Crippen LogP contribution is 2.63. The maximum atomic E-state index is 15.4. The molecule has 0 radical (unpaired) electrons.